The molecule has 1 aromatic carbocycles. The maximum Gasteiger partial charge on any atom is 0.216 e. The topological polar surface area (TPSA) is 13.1 Å². The number of aromatic nitrogens is 1. The van der Waals surface area contributed by atoms with Gasteiger partial charge in [-0.05, 0) is 23.1 Å². The van der Waals surface area contributed by atoms with Gasteiger partial charge in [-0.1, -0.05) is 32.9 Å². The number of hydrogen-bond acceptors (Lipinski definition) is 1. The molecule has 0 spiro atoms. The summed E-state index contributed by atoms with van der Waals surface area (Å²) in [7, 11) is 1.75. The number of hydrogen-bond donors (Lipinski definition) is 0. The molecule has 0 saturated heterocycles. The molecule has 0 amide bonds. The van der Waals surface area contributed by atoms with E-state index in [4.69, 9.17) is 4.74 Å². The average Bonchev–Trinajstić information content (AvgIpc) is 2.44. The van der Waals surface area contributed by atoms with Crippen LogP contribution in [-0.2, 0) is 11.0 Å². The summed E-state index contributed by atoms with van der Waals surface area (Å²) >= 11 is 0. The van der Waals surface area contributed by atoms with Gasteiger partial charge in [-0.25, -0.2) is 0 Å². The Morgan fingerprint density at radius 2 is 1.55 bits per heavy atom. The van der Waals surface area contributed by atoms with Crippen LogP contribution >= 0.6 is 0 Å². The van der Waals surface area contributed by atoms with E-state index in [2.05, 4.69) is 82.6 Å². The second-order valence-electron chi connectivity index (χ2n) is 7.76. The van der Waals surface area contributed by atoms with Gasteiger partial charge < -0.3 is 4.74 Å². The molecular formula is C20H28NO+. The summed E-state index contributed by atoms with van der Waals surface area (Å²) < 4.78 is 8.01. The fourth-order valence-corrected chi connectivity index (χ4v) is 2.82. The van der Waals surface area contributed by atoms with Crippen LogP contribution in [0.25, 0.3) is 11.3 Å². The average molecular weight is 298 g/mol. The van der Waals surface area contributed by atoms with Crippen LogP contribution in [0.5, 0.6) is 5.75 Å². The fourth-order valence-electron chi connectivity index (χ4n) is 2.82. The van der Waals surface area contributed by atoms with Crippen LogP contribution in [0.3, 0.4) is 0 Å². The van der Waals surface area contributed by atoms with Crippen molar-refractivity contribution in [1.29, 1.82) is 0 Å². The summed E-state index contributed by atoms with van der Waals surface area (Å²) in [5.74, 6) is 0.927. The highest BCUT2D eigenvalue weighted by Crippen LogP contribution is 2.38. The summed E-state index contributed by atoms with van der Waals surface area (Å²) in [6.07, 6.45) is 2.15. The van der Waals surface area contributed by atoms with Gasteiger partial charge in [0.15, 0.2) is 11.7 Å². The maximum absolute atomic E-state index is 5.69. The summed E-state index contributed by atoms with van der Waals surface area (Å²) in [5, 5.41) is 0. The highest BCUT2D eigenvalue weighted by Gasteiger charge is 2.31. The highest BCUT2D eigenvalue weighted by molar-refractivity contribution is 5.70. The van der Waals surface area contributed by atoms with E-state index in [1.165, 1.54) is 16.8 Å². The Hall–Kier alpha value is -1.83. The number of benzene rings is 1. The summed E-state index contributed by atoms with van der Waals surface area (Å²) in [4.78, 5) is 0. The number of ether oxygens (including phenoxy) is 1. The van der Waals surface area contributed by atoms with Crippen molar-refractivity contribution >= 4 is 0 Å². The Balaban J connectivity index is 2.84. The summed E-state index contributed by atoms with van der Waals surface area (Å²) in [5.41, 5.74) is 3.74. The van der Waals surface area contributed by atoms with E-state index in [1.807, 2.05) is 6.07 Å². The van der Waals surface area contributed by atoms with Crippen molar-refractivity contribution in [3.8, 4) is 17.0 Å². The van der Waals surface area contributed by atoms with Gasteiger partial charge in [0.25, 0.3) is 0 Å². The van der Waals surface area contributed by atoms with E-state index in [9.17, 15) is 0 Å². The molecule has 118 valence electrons. The quantitative estimate of drug-likeness (QED) is 0.732. The molecule has 0 unspecified atom stereocenters. The van der Waals surface area contributed by atoms with Crippen molar-refractivity contribution in [1.82, 2.24) is 0 Å². The molecule has 1 heterocycles. The zero-order valence-electron chi connectivity index (χ0n) is 14.9. The third kappa shape index (κ3) is 3.16. The zero-order valence-corrected chi connectivity index (χ0v) is 14.9. The van der Waals surface area contributed by atoms with Gasteiger partial charge in [-0.3, -0.25) is 0 Å². The maximum atomic E-state index is 5.69. The molecule has 0 aliphatic carbocycles. The first-order valence-electron chi connectivity index (χ1n) is 7.85. The normalized spacial score (nSPS) is 12.3. The second-order valence-corrected chi connectivity index (χ2v) is 7.76. The molecule has 0 N–H and O–H groups in total. The lowest BCUT2D eigenvalue weighted by Gasteiger charge is -2.25. The van der Waals surface area contributed by atoms with E-state index in [0.29, 0.717) is 0 Å². The van der Waals surface area contributed by atoms with Gasteiger partial charge in [-0.2, -0.15) is 4.57 Å². The molecule has 2 rings (SSSR count). The molecule has 1 aromatic heterocycles. The Labute approximate surface area is 134 Å². The Morgan fingerprint density at radius 1 is 0.864 bits per heavy atom. The van der Waals surface area contributed by atoms with E-state index >= 15 is 0 Å². The lowest BCUT2D eigenvalue weighted by atomic mass is 9.82. The van der Waals surface area contributed by atoms with Crippen molar-refractivity contribution in [2.45, 2.75) is 52.5 Å². The molecule has 2 nitrogen and oxygen atoms in total. The molecule has 0 aliphatic heterocycles. The molecule has 0 bridgehead atoms. The molecular weight excluding hydrogens is 270 g/mol. The van der Waals surface area contributed by atoms with Gasteiger partial charge in [0, 0.05) is 32.9 Å². The predicted molar refractivity (Wildman–Crippen MR) is 92.3 cm³/mol. The largest absolute Gasteiger partial charge is 0.496 e. The molecule has 0 aliphatic rings. The van der Waals surface area contributed by atoms with E-state index in [1.54, 1.807) is 7.11 Å². The first kappa shape index (κ1) is 16.5. The second kappa shape index (κ2) is 5.75. The van der Waals surface area contributed by atoms with Gasteiger partial charge in [-0.15, -0.1) is 0 Å². The van der Waals surface area contributed by atoms with E-state index in [-0.39, 0.29) is 11.0 Å². The molecule has 0 saturated carbocycles. The predicted octanol–water partition coefficient (Wildman–Crippen LogP) is 4.70. The van der Waals surface area contributed by atoms with Crippen LogP contribution in [-0.4, -0.2) is 7.11 Å². The van der Waals surface area contributed by atoms with E-state index < -0.39 is 0 Å². The Kier molecular flexibility index (Phi) is 4.32. The zero-order chi connectivity index (χ0) is 16.5. The third-order valence-corrected chi connectivity index (χ3v) is 3.89. The number of methoxy groups -OCH3 is 1. The third-order valence-electron chi connectivity index (χ3n) is 3.89. The summed E-state index contributed by atoms with van der Waals surface area (Å²) in [6, 6.07) is 12.7. The van der Waals surface area contributed by atoms with Crippen LogP contribution < -0.4 is 9.30 Å². The minimum atomic E-state index is 0.00655. The molecule has 22 heavy (non-hydrogen) atoms. The van der Waals surface area contributed by atoms with Crippen LogP contribution in [0.4, 0.5) is 0 Å². The molecule has 0 fully saturated rings. The lowest BCUT2D eigenvalue weighted by Crippen LogP contribution is -2.51. The van der Waals surface area contributed by atoms with Crippen molar-refractivity contribution in [3.63, 3.8) is 0 Å². The number of nitrogens with zero attached hydrogens (tertiary/aromatic N) is 1. The van der Waals surface area contributed by atoms with E-state index in [0.717, 1.165) is 5.75 Å². The van der Waals surface area contributed by atoms with Crippen LogP contribution in [0, 0.1) is 0 Å². The van der Waals surface area contributed by atoms with Gasteiger partial charge in [0.1, 0.15) is 5.75 Å². The van der Waals surface area contributed by atoms with Crippen LogP contribution in [0.15, 0.2) is 42.6 Å². The van der Waals surface area contributed by atoms with Gasteiger partial charge in [0.05, 0.1) is 12.7 Å². The first-order chi connectivity index (χ1) is 10.2. The Morgan fingerprint density at radius 3 is 2.09 bits per heavy atom. The minimum absolute atomic E-state index is 0.00655. The minimum Gasteiger partial charge on any atom is -0.496 e. The monoisotopic (exact) mass is 298 g/mol. The Bertz CT molecular complexity index is 660. The van der Waals surface area contributed by atoms with Crippen molar-refractivity contribution in [3.05, 3.63) is 48.2 Å². The lowest BCUT2D eigenvalue weighted by molar-refractivity contribution is -0.744. The number of pyridine rings is 1. The molecule has 0 atom stereocenters. The summed E-state index contributed by atoms with van der Waals surface area (Å²) in [6.45, 7) is 13.4. The molecule has 2 heteroatoms. The molecule has 0 radical (unpaired) electrons. The van der Waals surface area contributed by atoms with Crippen molar-refractivity contribution < 1.29 is 9.30 Å². The standard InChI is InChI=1S/C20H28NO/c1-19(2,3)15-11-10-13-17(22-7)18(15)16-12-8-9-14-21(16)20(4,5)6/h8-14H,1-7H3/q+1. The fraction of sp³-hybridized carbons (Fsp3) is 0.450. The number of rotatable bonds is 2. The van der Waals surface area contributed by atoms with Crippen LogP contribution in [0.1, 0.15) is 47.1 Å². The highest BCUT2D eigenvalue weighted by atomic mass is 16.5. The van der Waals surface area contributed by atoms with Gasteiger partial charge in [0.2, 0.25) is 5.69 Å². The van der Waals surface area contributed by atoms with Crippen LogP contribution in [0.2, 0.25) is 0 Å². The SMILES string of the molecule is COc1cccc(C(C)(C)C)c1-c1cccc[n+]1C(C)(C)C. The smallest absolute Gasteiger partial charge is 0.216 e. The van der Waals surface area contributed by atoms with Gasteiger partial charge >= 0.3 is 0 Å². The van der Waals surface area contributed by atoms with Crippen molar-refractivity contribution in [2.75, 3.05) is 7.11 Å². The molecule has 2 aromatic rings. The van der Waals surface area contributed by atoms with Crippen molar-refractivity contribution in [2.24, 2.45) is 0 Å². The first-order valence-corrected chi connectivity index (χ1v) is 7.85.